The molecule has 4 rings (SSSR count). The van der Waals surface area contributed by atoms with Crippen molar-refractivity contribution in [2.24, 2.45) is 17.6 Å². The van der Waals surface area contributed by atoms with Crippen molar-refractivity contribution in [3.63, 3.8) is 0 Å². The van der Waals surface area contributed by atoms with Crippen LogP contribution in [-0.4, -0.2) is 85.5 Å². The summed E-state index contributed by atoms with van der Waals surface area (Å²) in [5, 5.41) is 55.5. The van der Waals surface area contributed by atoms with E-state index in [1.54, 1.807) is 0 Å². The van der Waals surface area contributed by atoms with Crippen LogP contribution in [0.3, 0.4) is 0 Å². The molecule has 202 valence electrons. The fourth-order valence-electron chi connectivity index (χ4n) is 5.75. The second kappa shape index (κ2) is 9.26. The van der Waals surface area contributed by atoms with Crippen molar-refractivity contribution in [1.82, 2.24) is 4.90 Å². The number of nitrogens with zero attached hydrogens (tertiary/aromatic N) is 1. The maximum Gasteiger partial charge on any atom is 0.303 e. The molecule has 0 bridgehead atoms. The lowest BCUT2D eigenvalue weighted by molar-refractivity contribution is -0.153. The number of benzene rings is 1. The number of primary amides is 1. The van der Waals surface area contributed by atoms with Gasteiger partial charge in [-0.2, -0.15) is 0 Å². The van der Waals surface area contributed by atoms with Gasteiger partial charge < -0.3 is 36.6 Å². The number of carbonyl (C=O) groups excluding carboxylic acids is 4. The Labute approximate surface area is 215 Å². The third-order valence-electron chi connectivity index (χ3n) is 7.43. The van der Waals surface area contributed by atoms with Crippen molar-refractivity contribution < 1.29 is 49.5 Å². The van der Waals surface area contributed by atoms with Gasteiger partial charge in [0, 0.05) is 17.9 Å². The number of ketones is 2. The molecule has 3 aliphatic rings. The minimum atomic E-state index is -2.75. The number of amides is 2. The molecule has 1 aromatic carbocycles. The number of aliphatic hydroxyl groups is 3. The third-order valence-corrected chi connectivity index (χ3v) is 7.43. The van der Waals surface area contributed by atoms with Gasteiger partial charge in [0.2, 0.25) is 11.7 Å². The van der Waals surface area contributed by atoms with E-state index in [0.717, 1.165) is 0 Å². The topological polar surface area (TPSA) is 228 Å². The van der Waals surface area contributed by atoms with E-state index in [1.165, 1.54) is 31.1 Å². The summed E-state index contributed by atoms with van der Waals surface area (Å²) in [6, 6.07) is 1.70. The number of anilines is 1. The number of rotatable bonds is 6. The normalized spacial score (nSPS) is 26.6. The van der Waals surface area contributed by atoms with Crippen LogP contribution in [0.2, 0.25) is 0 Å². The maximum atomic E-state index is 13.8. The first-order chi connectivity index (χ1) is 17.7. The molecule has 0 saturated heterocycles. The molecule has 0 heterocycles. The molecular weight excluding hydrogens is 502 g/mol. The van der Waals surface area contributed by atoms with Gasteiger partial charge in [0.05, 0.1) is 23.7 Å². The Morgan fingerprint density at radius 2 is 1.79 bits per heavy atom. The van der Waals surface area contributed by atoms with Gasteiger partial charge in [0.1, 0.15) is 22.8 Å². The summed E-state index contributed by atoms with van der Waals surface area (Å²) >= 11 is 0. The molecule has 13 heteroatoms. The van der Waals surface area contributed by atoms with Gasteiger partial charge >= 0.3 is 5.97 Å². The highest BCUT2D eigenvalue weighted by Crippen LogP contribution is 2.53. The number of phenols is 1. The summed E-state index contributed by atoms with van der Waals surface area (Å²) in [6.07, 6.45) is -0.744. The predicted molar refractivity (Wildman–Crippen MR) is 130 cm³/mol. The van der Waals surface area contributed by atoms with Crippen LogP contribution in [0.15, 0.2) is 29.0 Å². The number of carbonyl (C=O) groups is 5. The molecule has 2 amide bonds. The predicted octanol–water partition coefficient (Wildman–Crippen LogP) is -0.233. The van der Waals surface area contributed by atoms with Gasteiger partial charge in [-0.05, 0) is 44.5 Å². The monoisotopic (exact) mass is 529 g/mol. The molecule has 0 unspecified atom stereocenters. The van der Waals surface area contributed by atoms with Crippen molar-refractivity contribution in [3.8, 4) is 5.75 Å². The highest BCUT2D eigenvalue weighted by molar-refractivity contribution is 6.24. The highest BCUT2D eigenvalue weighted by atomic mass is 16.4. The lowest BCUT2D eigenvalue weighted by Gasteiger charge is -2.50. The molecule has 3 aliphatic carbocycles. The van der Waals surface area contributed by atoms with Gasteiger partial charge in [-0.25, -0.2) is 0 Å². The van der Waals surface area contributed by atoms with Gasteiger partial charge in [-0.15, -0.1) is 0 Å². The number of carboxylic acids is 1. The Morgan fingerprint density at radius 1 is 1.13 bits per heavy atom. The van der Waals surface area contributed by atoms with Crippen molar-refractivity contribution in [1.29, 1.82) is 0 Å². The standard InChI is InChI=1S/C25H27N3O10/c1-28(2)18-11-8-10-7-9-3-4-12(27-13(29)5-6-14(30)31)19(32)15(9)20(33)16(10)22(35)25(11,38)23(36)17(21(18)34)24(26)37/h3-4,10-11,18,32-33,36,38H,5-8H2,1-2H3,(H2,26,37)(H,27,29)(H,30,31)/t10-,11-,18-,25-/m1/s1. The molecule has 1 fully saturated rings. The minimum Gasteiger partial charge on any atom is -0.508 e. The Kier molecular flexibility index (Phi) is 6.54. The Morgan fingerprint density at radius 3 is 2.37 bits per heavy atom. The molecule has 0 aromatic heterocycles. The van der Waals surface area contributed by atoms with E-state index in [-0.39, 0.29) is 36.1 Å². The SMILES string of the molecule is CN(C)[C@H]1C(=O)C(C(N)=O)=C(O)[C@]2(O)C(=O)C3=C(O)c4c(ccc(NC(=O)CCC(=O)O)c4O)C[C@@H]3C[C@H]12. The zero-order valence-corrected chi connectivity index (χ0v) is 20.5. The Hall–Kier alpha value is -4.23. The average Bonchev–Trinajstić information content (AvgIpc) is 2.81. The number of aliphatic hydroxyl groups excluding tert-OH is 2. The molecule has 1 aromatic rings. The van der Waals surface area contributed by atoms with E-state index in [9.17, 15) is 44.4 Å². The van der Waals surface area contributed by atoms with Crippen LogP contribution in [-0.2, 0) is 30.4 Å². The quantitative estimate of drug-likeness (QED) is 0.188. The molecule has 13 nitrogen and oxygen atoms in total. The maximum absolute atomic E-state index is 13.8. The number of likely N-dealkylation sites (N-methyl/N-ethyl adjacent to an activating group) is 1. The van der Waals surface area contributed by atoms with Crippen LogP contribution >= 0.6 is 0 Å². The molecular formula is C25H27N3O10. The van der Waals surface area contributed by atoms with Crippen LogP contribution in [0, 0.1) is 11.8 Å². The molecule has 0 aliphatic heterocycles. The summed E-state index contributed by atoms with van der Waals surface area (Å²) in [6.45, 7) is 0. The first-order valence-corrected chi connectivity index (χ1v) is 11.7. The second-order valence-electron chi connectivity index (χ2n) is 9.90. The number of nitrogens with two attached hydrogens (primary N) is 1. The van der Waals surface area contributed by atoms with Crippen molar-refractivity contribution in [2.45, 2.75) is 37.3 Å². The second-order valence-corrected chi connectivity index (χ2v) is 9.90. The lowest BCUT2D eigenvalue weighted by Crippen LogP contribution is -2.65. The molecule has 1 saturated carbocycles. The summed E-state index contributed by atoms with van der Waals surface area (Å²) in [4.78, 5) is 63.0. The van der Waals surface area contributed by atoms with E-state index < -0.39 is 82.1 Å². The number of aromatic hydroxyl groups is 1. The summed E-state index contributed by atoms with van der Waals surface area (Å²) in [5.41, 5.74) is 1.42. The van der Waals surface area contributed by atoms with Gasteiger partial charge in [-0.3, -0.25) is 28.9 Å². The van der Waals surface area contributed by atoms with E-state index in [1.807, 2.05) is 0 Å². The van der Waals surface area contributed by atoms with Crippen LogP contribution in [0.4, 0.5) is 5.69 Å². The van der Waals surface area contributed by atoms with Crippen molar-refractivity contribution >= 4 is 40.8 Å². The summed E-state index contributed by atoms with van der Waals surface area (Å²) in [7, 11) is 3.02. The van der Waals surface area contributed by atoms with Gasteiger partial charge in [-0.1, -0.05) is 6.07 Å². The number of Topliss-reactive ketones (excluding diaryl/α,β-unsaturated/α-hetero) is 2. The number of aliphatic carboxylic acids is 1. The smallest absolute Gasteiger partial charge is 0.303 e. The van der Waals surface area contributed by atoms with Crippen LogP contribution in [0.1, 0.15) is 30.4 Å². The number of phenolic OH excluding ortho intramolecular Hbond substituents is 1. The molecule has 0 radical (unpaired) electrons. The first kappa shape index (κ1) is 26.8. The minimum absolute atomic E-state index is 0.0415. The zero-order chi connectivity index (χ0) is 28.3. The first-order valence-electron chi connectivity index (χ1n) is 11.7. The molecule has 38 heavy (non-hydrogen) atoms. The largest absolute Gasteiger partial charge is 0.508 e. The number of nitrogens with one attached hydrogen (secondary N) is 1. The fourth-order valence-corrected chi connectivity index (χ4v) is 5.75. The number of fused-ring (bicyclic) bond motifs is 3. The number of carboxylic acid groups (broad SMARTS) is 1. The molecule has 4 atom stereocenters. The van der Waals surface area contributed by atoms with Gasteiger partial charge in [0.15, 0.2) is 11.4 Å². The Balaban J connectivity index is 1.82. The summed E-state index contributed by atoms with van der Waals surface area (Å²) < 4.78 is 0. The van der Waals surface area contributed by atoms with Crippen molar-refractivity contribution in [3.05, 3.63) is 40.2 Å². The van der Waals surface area contributed by atoms with Crippen molar-refractivity contribution in [2.75, 3.05) is 19.4 Å². The highest BCUT2D eigenvalue weighted by Gasteiger charge is 2.64. The number of hydrogen-bond donors (Lipinski definition) is 7. The van der Waals surface area contributed by atoms with Gasteiger partial charge in [0.25, 0.3) is 5.91 Å². The Bertz CT molecular complexity index is 1360. The van der Waals surface area contributed by atoms with Crippen LogP contribution in [0.25, 0.3) is 5.76 Å². The van der Waals surface area contributed by atoms with Crippen LogP contribution in [0.5, 0.6) is 5.75 Å². The molecule has 0 spiro atoms. The van der Waals surface area contributed by atoms with E-state index >= 15 is 0 Å². The van der Waals surface area contributed by atoms with E-state index in [4.69, 9.17) is 10.8 Å². The van der Waals surface area contributed by atoms with E-state index in [0.29, 0.717) is 5.56 Å². The third kappa shape index (κ3) is 3.90. The fraction of sp³-hybridized carbons (Fsp3) is 0.400. The van der Waals surface area contributed by atoms with Crippen LogP contribution < -0.4 is 11.1 Å². The number of hydrogen-bond acceptors (Lipinski definition) is 10. The zero-order valence-electron chi connectivity index (χ0n) is 20.5. The average molecular weight is 530 g/mol. The van der Waals surface area contributed by atoms with E-state index in [2.05, 4.69) is 5.32 Å². The summed E-state index contributed by atoms with van der Waals surface area (Å²) in [5.74, 6) is -9.55. The molecule has 8 N–H and O–H groups in total. The lowest BCUT2D eigenvalue weighted by atomic mass is 9.57.